The number of piperidine rings is 1. The first-order chi connectivity index (χ1) is 17.1. The monoisotopic (exact) mass is 466 g/mol. The first-order valence-electron chi connectivity index (χ1n) is 12.2. The molecule has 0 saturated carbocycles. The number of hydrogen-bond acceptors (Lipinski definition) is 4. The molecule has 5 rings (SSSR count). The lowest BCUT2D eigenvalue weighted by Crippen LogP contribution is -2.46. The van der Waals surface area contributed by atoms with Gasteiger partial charge in [-0.05, 0) is 48.9 Å². The Labute approximate surface area is 206 Å². The summed E-state index contributed by atoms with van der Waals surface area (Å²) in [6, 6.07) is 29.5. The minimum Gasteiger partial charge on any atom is -0.441 e. The van der Waals surface area contributed by atoms with Crippen LogP contribution in [0, 0.1) is 12.8 Å². The van der Waals surface area contributed by atoms with Crippen molar-refractivity contribution in [1.29, 1.82) is 0 Å². The molecule has 1 fully saturated rings. The smallest absolute Gasteiger partial charge is 0.228 e. The number of aliphatic hydroxyl groups is 1. The number of carbonyl (C=O) groups excluding carboxylic acids is 1. The van der Waals surface area contributed by atoms with Gasteiger partial charge in [-0.25, -0.2) is 4.98 Å². The molecule has 0 spiro atoms. The average molecular weight is 467 g/mol. The van der Waals surface area contributed by atoms with Gasteiger partial charge in [-0.3, -0.25) is 4.79 Å². The third-order valence-electron chi connectivity index (χ3n) is 7.10. The maximum atomic E-state index is 13.1. The second kappa shape index (κ2) is 9.88. The number of rotatable bonds is 6. The number of aromatic nitrogens is 1. The molecular formula is C30H30N2O3. The molecule has 0 atom stereocenters. The van der Waals surface area contributed by atoms with E-state index >= 15 is 0 Å². The standard InChI is InChI=1S/C30H30N2O3/c1-22-27(31-29(35-22)23-11-5-2-6-12-23)21-28(33)32-19-17-26(18-20-32)30(34,24-13-7-3-8-14-24)25-15-9-4-10-16-25/h2-16,26,34H,17-21H2,1H3. The number of hydrogen-bond donors (Lipinski definition) is 1. The van der Waals surface area contributed by atoms with Gasteiger partial charge in [0, 0.05) is 18.7 Å². The van der Waals surface area contributed by atoms with Gasteiger partial charge in [0.1, 0.15) is 11.4 Å². The van der Waals surface area contributed by atoms with Crippen molar-refractivity contribution in [3.63, 3.8) is 0 Å². The van der Waals surface area contributed by atoms with Gasteiger partial charge in [0.2, 0.25) is 11.8 Å². The molecule has 1 aliphatic heterocycles. The van der Waals surface area contributed by atoms with Crippen LogP contribution in [0.15, 0.2) is 95.4 Å². The number of amides is 1. The van der Waals surface area contributed by atoms with Gasteiger partial charge in [0.15, 0.2) is 0 Å². The van der Waals surface area contributed by atoms with Gasteiger partial charge in [-0.1, -0.05) is 78.9 Å². The van der Waals surface area contributed by atoms with E-state index in [1.807, 2.05) is 103 Å². The van der Waals surface area contributed by atoms with E-state index in [1.165, 1.54) is 0 Å². The molecule has 1 aliphatic rings. The predicted molar refractivity (Wildman–Crippen MR) is 136 cm³/mol. The summed E-state index contributed by atoms with van der Waals surface area (Å²) >= 11 is 0. The van der Waals surface area contributed by atoms with Crippen LogP contribution in [0.2, 0.25) is 0 Å². The van der Waals surface area contributed by atoms with Crippen LogP contribution in [0.4, 0.5) is 0 Å². The Kier molecular flexibility index (Phi) is 6.51. The normalized spacial score (nSPS) is 14.7. The molecule has 1 saturated heterocycles. The second-order valence-corrected chi connectivity index (χ2v) is 9.22. The Bertz CT molecular complexity index is 1220. The van der Waals surface area contributed by atoms with Crippen LogP contribution in [-0.4, -0.2) is 34.0 Å². The van der Waals surface area contributed by atoms with Gasteiger partial charge in [-0.2, -0.15) is 0 Å². The van der Waals surface area contributed by atoms with Gasteiger partial charge in [0.25, 0.3) is 0 Å². The third kappa shape index (κ3) is 4.64. The molecule has 0 unspecified atom stereocenters. The maximum Gasteiger partial charge on any atom is 0.228 e. The van der Waals surface area contributed by atoms with Crippen molar-refractivity contribution in [3.8, 4) is 11.5 Å². The van der Waals surface area contributed by atoms with Crippen LogP contribution < -0.4 is 0 Å². The number of benzene rings is 3. The lowest BCUT2D eigenvalue weighted by Gasteiger charge is -2.42. The summed E-state index contributed by atoms with van der Waals surface area (Å²) in [7, 11) is 0. The molecule has 1 aromatic heterocycles. The van der Waals surface area contributed by atoms with E-state index in [0.717, 1.165) is 29.5 Å². The van der Waals surface area contributed by atoms with Crippen molar-refractivity contribution >= 4 is 5.91 Å². The molecule has 0 radical (unpaired) electrons. The molecule has 5 nitrogen and oxygen atoms in total. The minimum atomic E-state index is -1.09. The zero-order valence-electron chi connectivity index (χ0n) is 19.9. The highest BCUT2D eigenvalue weighted by Crippen LogP contribution is 2.42. The Morgan fingerprint density at radius 3 is 1.97 bits per heavy atom. The molecule has 5 heteroatoms. The first-order valence-corrected chi connectivity index (χ1v) is 12.2. The van der Waals surface area contributed by atoms with Gasteiger partial charge >= 0.3 is 0 Å². The number of nitrogens with zero attached hydrogens (tertiary/aromatic N) is 2. The van der Waals surface area contributed by atoms with E-state index in [4.69, 9.17) is 4.42 Å². The van der Waals surface area contributed by atoms with E-state index in [9.17, 15) is 9.90 Å². The Balaban J connectivity index is 1.29. The SMILES string of the molecule is Cc1oc(-c2ccccc2)nc1CC(=O)N1CCC(C(O)(c2ccccc2)c2ccccc2)CC1. The maximum absolute atomic E-state index is 13.1. The number of aryl methyl sites for hydroxylation is 1. The fourth-order valence-corrected chi connectivity index (χ4v) is 5.12. The minimum absolute atomic E-state index is 0.00909. The molecule has 4 aromatic rings. The number of likely N-dealkylation sites (tertiary alicyclic amines) is 1. The summed E-state index contributed by atoms with van der Waals surface area (Å²) < 4.78 is 5.83. The van der Waals surface area contributed by atoms with Crippen molar-refractivity contribution in [2.45, 2.75) is 31.8 Å². The van der Waals surface area contributed by atoms with E-state index in [-0.39, 0.29) is 18.2 Å². The Morgan fingerprint density at radius 1 is 0.914 bits per heavy atom. The second-order valence-electron chi connectivity index (χ2n) is 9.22. The van der Waals surface area contributed by atoms with Crippen molar-refractivity contribution in [3.05, 3.63) is 114 Å². The summed E-state index contributed by atoms with van der Waals surface area (Å²) in [6.07, 6.45) is 1.66. The predicted octanol–water partition coefficient (Wildman–Crippen LogP) is 5.37. The molecule has 178 valence electrons. The Hall–Kier alpha value is -3.70. The molecule has 3 aromatic carbocycles. The summed E-state index contributed by atoms with van der Waals surface area (Å²) in [5.74, 6) is 1.27. The summed E-state index contributed by atoms with van der Waals surface area (Å²) in [6.45, 7) is 3.07. The van der Waals surface area contributed by atoms with Crippen LogP contribution in [0.3, 0.4) is 0 Å². The Morgan fingerprint density at radius 2 is 1.43 bits per heavy atom. The lowest BCUT2D eigenvalue weighted by molar-refractivity contribution is -0.133. The average Bonchev–Trinajstić information content (AvgIpc) is 3.29. The number of oxazole rings is 1. The molecule has 1 amide bonds. The first kappa shape index (κ1) is 23.1. The molecule has 0 aliphatic carbocycles. The zero-order valence-corrected chi connectivity index (χ0v) is 19.9. The highest BCUT2D eigenvalue weighted by atomic mass is 16.4. The van der Waals surface area contributed by atoms with Gasteiger partial charge < -0.3 is 14.4 Å². The number of carbonyl (C=O) groups is 1. The molecule has 0 bridgehead atoms. The van der Waals surface area contributed by atoms with Crippen molar-refractivity contribution in [2.75, 3.05) is 13.1 Å². The van der Waals surface area contributed by atoms with E-state index in [1.54, 1.807) is 0 Å². The highest BCUT2D eigenvalue weighted by Gasteiger charge is 2.42. The van der Waals surface area contributed by atoms with E-state index in [0.29, 0.717) is 30.4 Å². The molecule has 2 heterocycles. The van der Waals surface area contributed by atoms with Crippen molar-refractivity contribution in [2.24, 2.45) is 5.92 Å². The van der Waals surface area contributed by atoms with Crippen LogP contribution in [0.5, 0.6) is 0 Å². The van der Waals surface area contributed by atoms with Gasteiger partial charge in [-0.15, -0.1) is 0 Å². The fraction of sp³-hybridized carbons (Fsp3) is 0.267. The largest absolute Gasteiger partial charge is 0.441 e. The fourth-order valence-electron chi connectivity index (χ4n) is 5.12. The molecule has 35 heavy (non-hydrogen) atoms. The highest BCUT2D eigenvalue weighted by molar-refractivity contribution is 5.78. The summed E-state index contributed by atoms with van der Waals surface area (Å²) in [4.78, 5) is 19.6. The topological polar surface area (TPSA) is 66.6 Å². The zero-order chi connectivity index (χ0) is 24.3. The van der Waals surface area contributed by atoms with E-state index < -0.39 is 5.60 Å². The quantitative estimate of drug-likeness (QED) is 0.415. The van der Waals surface area contributed by atoms with Gasteiger partial charge in [0.05, 0.1) is 12.1 Å². The van der Waals surface area contributed by atoms with Crippen LogP contribution >= 0.6 is 0 Å². The van der Waals surface area contributed by atoms with E-state index in [2.05, 4.69) is 4.98 Å². The van der Waals surface area contributed by atoms with Crippen LogP contribution in [0.1, 0.15) is 35.4 Å². The summed E-state index contributed by atoms with van der Waals surface area (Å²) in [5.41, 5.74) is 2.27. The molecular weight excluding hydrogens is 436 g/mol. The van der Waals surface area contributed by atoms with Crippen LogP contribution in [-0.2, 0) is 16.8 Å². The van der Waals surface area contributed by atoms with Crippen molar-refractivity contribution in [1.82, 2.24) is 9.88 Å². The van der Waals surface area contributed by atoms with Crippen molar-refractivity contribution < 1.29 is 14.3 Å². The lowest BCUT2D eigenvalue weighted by atomic mass is 9.72. The molecule has 1 N–H and O–H groups in total. The van der Waals surface area contributed by atoms with Crippen LogP contribution in [0.25, 0.3) is 11.5 Å². The summed E-state index contributed by atoms with van der Waals surface area (Å²) in [5, 5.41) is 12.1. The third-order valence-corrected chi connectivity index (χ3v) is 7.10.